The molecule has 0 spiro atoms. The highest BCUT2D eigenvalue weighted by molar-refractivity contribution is 5.36. The number of aliphatic hydroxyl groups excluding tert-OH is 1. The summed E-state index contributed by atoms with van der Waals surface area (Å²) < 4.78 is 0. The predicted octanol–water partition coefficient (Wildman–Crippen LogP) is 5.87. The standard InChI is InChI=1S/C28H44O3/c1-19-9-12-23(29)18-22(19)11-10-21-8-7-16-27(5)24(13-14-25(21)27)20(2)15-17-28(6,31)26(3,4)30/h10-11,15,17,20,23-25,29-31H,1,7-9,12-14,16,18H2,2-6H3/b17-15+,21-10+,22-11+/t20-,23+,24-,25+,27-,28+/m1/s1. The molecule has 174 valence electrons. The molecule has 3 nitrogen and oxygen atoms in total. The molecule has 31 heavy (non-hydrogen) atoms. The molecule has 6 atom stereocenters. The Labute approximate surface area is 189 Å². The molecule has 0 aliphatic heterocycles. The van der Waals surface area contributed by atoms with Crippen LogP contribution in [0.25, 0.3) is 0 Å². The van der Waals surface area contributed by atoms with Gasteiger partial charge in [-0.2, -0.15) is 0 Å². The van der Waals surface area contributed by atoms with Crippen molar-refractivity contribution in [1.29, 1.82) is 0 Å². The fourth-order valence-electron chi connectivity index (χ4n) is 6.22. The van der Waals surface area contributed by atoms with Crippen molar-refractivity contribution in [2.75, 3.05) is 0 Å². The number of hydrogen-bond acceptors (Lipinski definition) is 3. The lowest BCUT2D eigenvalue weighted by atomic mass is 9.61. The zero-order valence-corrected chi connectivity index (χ0v) is 20.3. The molecule has 0 bridgehead atoms. The lowest BCUT2D eigenvalue weighted by Gasteiger charge is -2.44. The van der Waals surface area contributed by atoms with Crippen LogP contribution >= 0.6 is 0 Å². The van der Waals surface area contributed by atoms with Crippen molar-refractivity contribution < 1.29 is 15.3 Å². The molecule has 0 aromatic carbocycles. The van der Waals surface area contributed by atoms with Crippen LogP contribution in [0, 0.1) is 23.2 Å². The van der Waals surface area contributed by atoms with Crippen LogP contribution in [0.5, 0.6) is 0 Å². The second kappa shape index (κ2) is 9.00. The van der Waals surface area contributed by atoms with E-state index in [0.717, 1.165) is 19.3 Å². The first-order chi connectivity index (χ1) is 14.3. The van der Waals surface area contributed by atoms with E-state index in [1.807, 2.05) is 0 Å². The van der Waals surface area contributed by atoms with Gasteiger partial charge in [0.15, 0.2) is 0 Å². The molecule has 0 radical (unpaired) electrons. The Morgan fingerprint density at radius 3 is 2.48 bits per heavy atom. The van der Waals surface area contributed by atoms with Crippen LogP contribution in [0.3, 0.4) is 0 Å². The van der Waals surface area contributed by atoms with E-state index in [9.17, 15) is 15.3 Å². The van der Waals surface area contributed by atoms with Gasteiger partial charge in [0.2, 0.25) is 0 Å². The van der Waals surface area contributed by atoms with Crippen molar-refractivity contribution in [3.63, 3.8) is 0 Å². The third kappa shape index (κ3) is 5.10. The second-order valence-electron chi connectivity index (χ2n) is 11.5. The van der Waals surface area contributed by atoms with Gasteiger partial charge >= 0.3 is 0 Å². The van der Waals surface area contributed by atoms with Crippen molar-refractivity contribution in [2.45, 2.75) is 103 Å². The maximum Gasteiger partial charge on any atom is 0.108 e. The Bertz CT molecular complexity index is 764. The fourth-order valence-corrected chi connectivity index (χ4v) is 6.22. The van der Waals surface area contributed by atoms with Gasteiger partial charge in [0, 0.05) is 0 Å². The van der Waals surface area contributed by atoms with Crippen LogP contribution < -0.4 is 0 Å². The van der Waals surface area contributed by atoms with Crippen molar-refractivity contribution in [1.82, 2.24) is 0 Å². The van der Waals surface area contributed by atoms with Gasteiger partial charge in [0.05, 0.1) is 11.7 Å². The molecule has 0 unspecified atom stereocenters. The molecular weight excluding hydrogens is 384 g/mol. The summed E-state index contributed by atoms with van der Waals surface area (Å²) in [5.41, 5.74) is 1.83. The largest absolute Gasteiger partial charge is 0.393 e. The van der Waals surface area contributed by atoms with E-state index in [0.29, 0.717) is 17.8 Å². The zero-order valence-electron chi connectivity index (χ0n) is 20.3. The van der Waals surface area contributed by atoms with Crippen molar-refractivity contribution >= 4 is 0 Å². The van der Waals surface area contributed by atoms with Gasteiger partial charge in [-0.1, -0.05) is 55.9 Å². The second-order valence-corrected chi connectivity index (χ2v) is 11.5. The summed E-state index contributed by atoms with van der Waals surface area (Å²) in [6.07, 6.45) is 16.8. The van der Waals surface area contributed by atoms with E-state index >= 15 is 0 Å². The van der Waals surface area contributed by atoms with Crippen LogP contribution in [-0.2, 0) is 0 Å². The van der Waals surface area contributed by atoms with E-state index in [-0.39, 0.29) is 11.5 Å². The van der Waals surface area contributed by atoms with Gasteiger partial charge in [0.1, 0.15) is 5.60 Å². The topological polar surface area (TPSA) is 60.7 Å². The Morgan fingerprint density at radius 1 is 1.10 bits per heavy atom. The maximum atomic E-state index is 10.6. The minimum atomic E-state index is -1.24. The summed E-state index contributed by atoms with van der Waals surface area (Å²) in [6, 6.07) is 0. The minimum Gasteiger partial charge on any atom is -0.393 e. The first-order valence-electron chi connectivity index (χ1n) is 12.2. The average molecular weight is 429 g/mol. The molecule has 0 aromatic heterocycles. The molecule has 3 heteroatoms. The molecule has 0 amide bonds. The summed E-state index contributed by atoms with van der Waals surface area (Å²) in [7, 11) is 0. The number of aliphatic hydroxyl groups is 3. The quantitative estimate of drug-likeness (QED) is 0.480. The van der Waals surface area contributed by atoms with E-state index in [4.69, 9.17) is 0 Å². The monoisotopic (exact) mass is 428 g/mol. The molecule has 3 rings (SSSR count). The molecular formula is C28H44O3. The Balaban J connectivity index is 1.77. The Morgan fingerprint density at radius 2 is 1.81 bits per heavy atom. The Hall–Kier alpha value is -1.16. The third-order valence-electron chi connectivity index (χ3n) is 8.82. The van der Waals surface area contributed by atoms with Crippen molar-refractivity contribution in [3.8, 4) is 0 Å². The van der Waals surface area contributed by atoms with E-state index < -0.39 is 11.2 Å². The first-order valence-corrected chi connectivity index (χ1v) is 12.2. The summed E-state index contributed by atoms with van der Waals surface area (Å²) in [5, 5.41) is 30.9. The van der Waals surface area contributed by atoms with Gasteiger partial charge in [-0.25, -0.2) is 0 Å². The summed E-state index contributed by atoms with van der Waals surface area (Å²) >= 11 is 0. The van der Waals surface area contributed by atoms with Crippen LogP contribution in [0.2, 0.25) is 0 Å². The highest BCUT2D eigenvalue weighted by Gasteiger charge is 2.50. The number of fused-ring (bicyclic) bond motifs is 1. The van der Waals surface area contributed by atoms with E-state index in [1.165, 1.54) is 43.3 Å². The van der Waals surface area contributed by atoms with Gasteiger partial charge in [-0.3, -0.25) is 0 Å². The smallest absolute Gasteiger partial charge is 0.108 e. The highest BCUT2D eigenvalue weighted by atomic mass is 16.3. The van der Waals surface area contributed by atoms with Gasteiger partial charge in [0.25, 0.3) is 0 Å². The van der Waals surface area contributed by atoms with Gasteiger partial charge < -0.3 is 15.3 Å². The zero-order chi connectivity index (χ0) is 23.0. The predicted molar refractivity (Wildman–Crippen MR) is 129 cm³/mol. The SMILES string of the molecule is C=C1CC[C@H](O)C/C1=C\C=C1/CCC[C@]2(C)[C@@H]([C@H](C)/C=C/[C@](C)(O)C(C)(C)O)CC[C@@H]12. The maximum absolute atomic E-state index is 10.6. The summed E-state index contributed by atoms with van der Waals surface area (Å²) in [5.74, 6) is 1.54. The van der Waals surface area contributed by atoms with Crippen LogP contribution in [0.1, 0.15) is 86.0 Å². The lowest BCUT2D eigenvalue weighted by Crippen LogP contribution is -2.46. The summed E-state index contributed by atoms with van der Waals surface area (Å²) in [6.45, 7) is 13.9. The van der Waals surface area contributed by atoms with Gasteiger partial charge in [-0.05, 0) is 101 Å². The molecule has 3 aliphatic carbocycles. The van der Waals surface area contributed by atoms with E-state index in [2.05, 4.69) is 38.7 Å². The third-order valence-corrected chi connectivity index (χ3v) is 8.82. The minimum absolute atomic E-state index is 0.226. The fraction of sp³-hybridized carbons (Fsp3) is 0.714. The van der Waals surface area contributed by atoms with Crippen molar-refractivity contribution in [2.24, 2.45) is 23.2 Å². The van der Waals surface area contributed by atoms with Gasteiger partial charge in [-0.15, -0.1) is 0 Å². The van der Waals surface area contributed by atoms with Crippen LogP contribution in [-0.4, -0.2) is 32.6 Å². The summed E-state index contributed by atoms with van der Waals surface area (Å²) in [4.78, 5) is 0. The lowest BCUT2D eigenvalue weighted by molar-refractivity contribution is -0.0886. The molecule has 3 N–H and O–H groups in total. The van der Waals surface area contributed by atoms with Crippen molar-refractivity contribution in [3.05, 3.63) is 47.6 Å². The molecule has 3 fully saturated rings. The number of hydrogen-bond donors (Lipinski definition) is 3. The molecule has 0 heterocycles. The molecule has 3 aliphatic rings. The molecule has 0 saturated heterocycles. The number of allylic oxidation sites excluding steroid dienone is 5. The average Bonchev–Trinajstić information content (AvgIpc) is 3.03. The first kappa shape index (κ1) is 24.5. The Kier molecular flexibility index (Phi) is 7.11. The highest BCUT2D eigenvalue weighted by Crippen LogP contribution is 2.59. The van der Waals surface area contributed by atoms with Crippen LogP contribution in [0.15, 0.2) is 47.6 Å². The molecule has 0 aromatic rings. The molecule has 3 saturated carbocycles. The normalized spacial score (nSPS) is 37.9. The van der Waals surface area contributed by atoms with E-state index in [1.54, 1.807) is 32.4 Å². The number of rotatable bonds is 5. The van der Waals surface area contributed by atoms with Crippen LogP contribution in [0.4, 0.5) is 0 Å².